The van der Waals surface area contributed by atoms with Crippen LogP contribution in [0.1, 0.15) is 69.9 Å². The molecule has 0 spiro atoms. The number of likely N-dealkylation sites (tertiary alicyclic amines) is 1. The van der Waals surface area contributed by atoms with E-state index in [4.69, 9.17) is 0 Å². The molecule has 1 saturated heterocycles. The van der Waals surface area contributed by atoms with Crippen LogP contribution in [0.2, 0.25) is 0 Å². The normalized spacial score (nSPS) is 17.6. The number of imidazole rings is 1. The minimum absolute atomic E-state index is 0.0839. The minimum Gasteiger partial charge on any atom is -0.345 e. The first-order chi connectivity index (χ1) is 18.1. The average molecular weight is 540 g/mol. The first kappa shape index (κ1) is 27.8. The highest BCUT2D eigenvalue weighted by Crippen LogP contribution is 2.32. The van der Waals surface area contributed by atoms with Gasteiger partial charge in [0.1, 0.15) is 11.9 Å². The van der Waals surface area contributed by atoms with Crippen LogP contribution in [-0.2, 0) is 19.6 Å². The molecule has 2 heterocycles. The van der Waals surface area contributed by atoms with Gasteiger partial charge in [-0.05, 0) is 49.8 Å². The third-order valence-corrected chi connectivity index (χ3v) is 8.33. The number of nitrogens with zero attached hydrogens (tertiary/aromatic N) is 2. The third kappa shape index (κ3) is 6.99. The van der Waals surface area contributed by atoms with Crippen LogP contribution in [0.5, 0.6) is 0 Å². The van der Waals surface area contributed by atoms with Crippen molar-refractivity contribution >= 4 is 32.9 Å². The number of aromatic nitrogens is 2. The first-order valence-electron chi connectivity index (χ1n) is 13.2. The fourth-order valence-electron chi connectivity index (χ4n) is 4.79. The Labute approximate surface area is 224 Å². The van der Waals surface area contributed by atoms with Crippen LogP contribution in [0, 0.1) is 5.92 Å². The lowest BCUT2D eigenvalue weighted by Crippen LogP contribution is -2.50. The molecule has 4 rings (SSSR count). The molecule has 1 aromatic heterocycles. The number of carbonyl (C=O) groups excluding carboxylic acids is 2. The molecule has 204 valence electrons. The highest BCUT2D eigenvalue weighted by atomic mass is 32.2. The van der Waals surface area contributed by atoms with Gasteiger partial charge in [-0.3, -0.25) is 9.59 Å². The lowest BCUT2D eigenvalue weighted by molar-refractivity contribution is -0.135. The van der Waals surface area contributed by atoms with E-state index >= 15 is 0 Å². The molecular weight excluding hydrogens is 502 g/mol. The highest BCUT2D eigenvalue weighted by Gasteiger charge is 2.34. The Kier molecular flexibility index (Phi) is 8.83. The van der Waals surface area contributed by atoms with Gasteiger partial charge in [0.25, 0.3) is 0 Å². The van der Waals surface area contributed by atoms with Crippen molar-refractivity contribution in [1.82, 2.24) is 24.9 Å². The molecule has 9 nitrogen and oxygen atoms in total. The van der Waals surface area contributed by atoms with E-state index in [0.29, 0.717) is 18.8 Å². The molecule has 2 aromatic carbocycles. The molecule has 0 radical (unpaired) electrons. The largest absolute Gasteiger partial charge is 0.345 e. The number of hydrogen-bond acceptors (Lipinski definition) is 5. The smallest absolute Gasteiger partial charge is 0.239 e. The second-order valence-electron chi connectivity index (χ2n) is 10.4. The van der Waals surface area contributed by atoms with Gasteiger partial charge >= 0.3 is 0 Å². The van der Waals surface area contributed by atoms with Crippen LogP contribution < -0.4 is 10.0 Å². The fourth-order valence-corrected chi connectivity index (χ4v) is 6.32. The van der Waals surface area contributed by atoms with E-state index in [0.717, 1.165) is 29.4 Å². The third-order valence-electron chi connectivity index (χ3n) is 6.92. The number of H-pyrrole nitrogens is 1. The predicted octanol–water partition coefficient (Wildman–Crippen LogP) is 3.83. The molecule has 38 heavy (non-hydrogen) atoms. The van der Waals surface area contributed by atoms with Gasteiger partial charge in [0.15, 0.2) is 0 Å². The van der Waals surface area contributed by atoms with Crippen molar-refractivity contribution in [3.63, 3.8) is 0 Å². The van der Waals surface area contributed by atoms with Crippen molar-refractivity contribution in [1.29, 1.82) is 0 Å². The zero-order valence-corrected chi connectivity index (χ0v) is 23.0. The lowest BCUT2D eigenvalue weighted by Gasteiger charge is -2.27. The number of hydrogen-bond donors (Lipinski definition) is 3. The molecule has 3 aromatic rings. The zero-order chi connectivity index (χ0) is 27.3. The Morgan fingerprint density at radius 3 is 2.50 bits per heavy atom. The standard InChI is InChI=1S/C28H37N5O4S/c1-19(2)15-17-38(36,37)32-24(18-26(34)33-16-9-14-25(33)21-10-5-4-6-11-21)28(35)29-20(3)27-30-22-12-7-8-13-23(22)31-27/h4-8,10-13,19-20,24-25,32H,9,14-18H2,1-3H3,(H,29,35)(H,30,31)/t20-,24-,25+/m0/s1. The van der Waals surface area contributed by atoms with E-state index in [1.165, 1.54) is 0 Å². The molecule has 1 fully saturated rings. The van der Waals surface area contributed by atoms with Crippen molar-refractivity contribution in [2.75, 3.05) is 12.3 Å². The maximum atomic E-state index is 13.5. The monoisotopic (exact) mass is 539 g/mol. The van der Waals surface area contributed by atoms with Gasteiger partial charge in [-0.2, -0.15) is 0 Å². The number of amides is 2. The Balaban J connectivity index is 1.51. The lowest BCUT2D eigenvalue weighted by atomic mass is 10.0. The fraction of sp³-hybridized carbons (Fsp3) is 0.464. The van der Waals surface area contributed by atoms with E-state index in [9.17, 15) is 18.0 Å². The molecule has 0 aliphatic carbocycles. The Bertz CT molecular complexity index is 1320. The van der Waals surface area contributed by atoms with E-state index in [1.54, 1.807) is 11.8 Å². The van der Waals surface area contributed by atoms with Crippen molar-refractivity contribution in [3.8, 4) is 0 Å². The maximum absolute atomic E-state index is 13.5. The molecule has 3 atom stereocenters. The van der Waals surface area contributed by atoms with Gasteiger partial charge in [0.05, 0.1) is 35.3 Å². The summed E-state index contributed by atoms with van der Waals surface area (Å²) in [5.74, 6) is -0.187. The first-order valence-corrected chi connectivity index (χ1v) is 14.9. The molecule has 1 aliphatic rings. The predicted molar refractivity (Wildman–Crippen MR) is 148 cm³/mol. The number of rotatable bonds is 11. The molecule has 2 amide bonds. The van der Waals surface area contributed by atoms with E-state index in [2.05, 4.69) is 20.0 Å². The second kappa shape index (κ2) is 12.1. The van der Waals surface area contributed by atoms with E-state index < -0.39 is 28.0 Å². The van der Waals surface area contributed by atoms with Crippen LogP contribution in [0.25, 0.3) is 11.0 Å². The van der Waals surface area contributed by atoms with Crippen LogP contribution in [0.3, 0.4) is 0 Å². The van der Waals surface area contributed by atoms with Crippen LogP contribution in [-0.4, -0.2) is 53.4 Å². The molecule has 1 aliphatic heterocycles. The second-order valence-corrected chi connectivity index (χ2v) is 12.3. The number of sulfonamides is 1. The summed E-state index contributed by atoms with van der Waals surface area (Å²) in [4.78, 5) is 36.4. The van der Waals surface area contributed by atoms with Gasteiger partial charge in [-0.15, -0.1) is 0 Å². The van der Waals surface area contributed by atoms with Crippen molar-refractivity contribution in [2.24, 2.45) is 5.92 Å². The van der Waals surface area contributed by atoms with Gasteiger partial charge in [0, 0.05) is 6.54 Å². The van der Waals surface area contributed by atoms with Gasteiger partial charge in [-0.1, -0.05) is 56.3 Å². The topological polar surface area (TPSA) is 124 Å². The number of nitrogens with one attached hydrogen (secondary N) is 3. The summed E-state index contributed by atoms with van der Waals surface area (Å²) in [6.07, 6.45) is 1.87. The molecule has 3 N–H and O–H groups in total. The summed E-state index contributed by atoms with van der Waals surface area (Å²) in [6, 6.07) is 15.5. The number of benzene rings is 2. The summed E-state index contributed by atoms with van der Waals surface area (Å²) < 4.78 is 28.3. The van der Waals surface area contributed by atoms with Crippen LogP contribution >= 0.6 is 0 Å². The molecule has 0 bridgehead atoms. The molecule has 10 heteroatoms. The maximum Gasteiger partial charge on any atom is 0.239 e. The number of para-hydroxylation sites is 2. The van der Waals surface area contributed by atoms with Gasteiger partial charge in [0.2, 0.25) is 21.8 Å². The quantitative estimate of drug-likeness (QED) is 0.342. The zero-order valence-electron chi connectivity index (χ0n) is 22.2. The summed E-state index contributed by atoms with van der Waals surface area (Å²) in [7, 11) is -3.78. The van der Waals surface area contributed by atoms with Crippen molar-refractivity contribution in [3.05, 3.63) is 66.0 Å². The highest BCUT2D eigenvalue weighted by molar-refractivity contribution is 7.89. The summed E-state index contributed by atoms with van der Waals surface area (Å²) in [5, 5.41) is 2.85. The number of carbonyl (C=O) groups is 2. The van der Waals surface area contributed by atoms with Gasteiger partial charge in [-0.25, -0.2) is 18.1 Å². The summed E-state index contributed by atoms with van der Waals surface area (Å²) in [5.41, 5.74) is 2.65. The Morgan fingerprint density at radius 2 is 1.79 bits per heavy atom. The Morgan fingerprint density at radius 1 is 1.08 bits per heavy atom. The molecule has 0 saturated carbocycles. The number of aromatic amines is 1. The SMILES string of the molecule is CC(C)CCS(=O)(=O)N[C@@H](CC(=O)N1CCC[C@@H]1c1ccccc1)C(=O)N[C@@H](C)c1nc2ccccc2[nH]1. The Hall–Kier alpha value is -3.24. The minimum atomic E-state index is -3.78. The average Bonchev–Trinajstić information content (AvgIpc) is 3.55. The number of fused-ring (bicyclic) bond motifs is 1. The summed E-state index contributed by atoms with van der Waals surface area (Å²) >= 11 is 0. The molecule has 0 unspecified atom stereocenters. The van der Waals surface area contributed by atoms with E-state index in [-0.39, 0.29) is 30.0 Å². The van der Waals surface area contributed by atoms with Crippen molar-refractivity contribution < 1.29 is 18.0 Å². The van der Waals surface area contributed by atoms with E-state index in [1.807, 2.05) is 68.4 Å². The van der Waals surface area contributed by atoms with Crippen molar-refractivity contribution in [2.45, 2.75) is 64.6 Å². The summed E-state index contributed by atoms with van der Waals surface area (Å²) in [6.45, 7) is 6.22. The van der Waals surface area contributed by atoms with Crippen LogP contribution in [0.4, 0.5) is 0 Å². The molecular formula is C28H37N5O4S. The van der Waals surface area contributed by atoms with Gasteiger partial charge < -0.3 is 15.2 Å². The van der Waals surface area contributed by atoms with Crippen LogP contribution in [0.15, 0.2) is 54.6 Å².